The maximum atomic E-state index is 13.3. The topological polar surface area (TPSA) is 169 Å². The molecule has 4 rings (SSSR count). The van der Waals surface area contributed by atoms with Crippen LogP contribution in [0.5, 0.6) is 5.75 Å². The lowest BCUT2D eigenvalue weighted by Crippen LogP contribution is -2.32. The molecule has 0 saturated carbocycles. The van der Waals surface area contributed by atoms with Gasteiger partial charge in [0, 0.05) is 11.1 Å². The summed E-state index contributed by atoms with van der Waals surface area (Å²) in [7, 11) is 0. The van der Waals surface area contributed by atoms with E-state index in [-0.39, 0.29) is 40.4 Å². The van der Waals surface area contributed by atoms with Gasteiger partial charge >= 0.3 is 0 Å². The van der Waals surface area contributed by atoms with Crippen LogP contribution in [0.4, 0.5) is 21.7 Å². The zero-order valence-corrected chi connectivity index (χ0v) is 15.9. The second-order valence-corrected chi connectivity index (χ2v) is 6.68. The number of anilines is 3. The van der Waals surface area contributed by atoms with Crippen LogP contribution < -0.4 is 22.1 Å². The van der Waals surface area contributed by atoms with Crippen molar-refractivity contribution in [2.24, 2.45) is 4.99 Å². The fraction of sp³-hybridized carbons (Fsp3) is 0.0476. The molecule has 31 heavy (non-hydrogen) atoms. The highest BCUT2D eigenvalue weighted by Gasteiger charge is 2.31. The number of rotatable bonds is 2. The SMILES string of the molecule is N#CNC1=NC(c2cc(-c3ccc(F)cc3)ccc2O)c2c(nc(N)c(C#N)c2N)N1. The van der Waals surface area contributed by atoms with Gasteiger partial charge in [0.05, 0.1) is 5.69 Å². The Kier molecular flexibility index (Phi) is 4.74. The first-order chi connectivity index (χ1) is 14.9. The second kappa shape index (κ2) is 7.54. The van der Waals surface area contributed by atoms with Gasteiger partial charge in [-0.05, 0) is 35.4 Å². The first kappa shape index (κ1) is 19.5. The van der Waals surface area contributed by atoms with Crippen LogP contribution in [-0.4, -0.2) is 16.1 Å². The second-order valence-electron chi connectivity index (χ2n) is 6.68. The Labute approximate surface area is 176 Å². The molecule has 0 aliphatic carbocycles. The van der Waals surface area contributed by atoms with E-state index in [4.69, 9.17) is 16.7 Å². The minimum absolute atomic E-state index is 0.00776. The number of aliphatic imine (C=N–C) groups is 1. The summed E-state index contributed by atoms with van der Waals surface area (Å²) in [5, 5.41) is 34.3. The number of benzene rings is 2. The standard InChI is InChI=1S/C21H15FN8O/c22-12-4-1-10(2-5-12)11-3-6-15(31)13(7-11)18-16-17(25)14(8-23)19(26)29-20(16)30-21(28-18)27-9-24/h1-7,18,31H,(H6,25,26,27,28,29,30). The monoisotopic (exact) mass is 414 g/mol. The van der Waals surface area contributed by atoms with Gasteiger partial charge in [-0.1, -0.05) is 18.2 Å². The molecule has 2 heterocycles. The molecule has 3 aromatic rings. The van der Waals surface area contributed by atoms with Crippen LogP contribution in [0.1, 0.15) is 22.7 Å². The Morgan fingerprint density at radius 1 is 1.10 bits per heavy atom. The first-order valence-corrected chi connectivity index (χ1v) is 9.00. The van der Waals surface area contributed by atoms with E-state index in [1.165, 1.54) is 18.2 Å². The molecule has 0 fully saturated rings. The highest BCUT2D eigenvalue weighted by atomic mass is 19.1. The number of halogens is 1. The molecule has 1 unspecified atom stereocenters. The lowest BCUT2D eigenvalue weighted by Gasteiger charge is -2.26. The number of aromatic nitrogens is 1. The van der Waals surface area contributed by atoms with Gasteiger partial charge in [0.15, 0.2) is 6.19 Å². The number of fused-ring (bicyclic) bond motifs is 1. The number of nitrogen functional groups attached to an aromatic ring is 2. The summed E-state index contributed by atoms with van der Waals surface area (Å²) in [4.78, 5) is 8.62. The van der Waals surface area contributed by atoms with E-state index < -0.39 is 6.04 Å². The molecule has 0 radical (unpaired) electrons. The van der Waals surface area contributed by atoms with Gasteiger partial charge in [-0.15, -0.1) is 0 Å². The Balaban J connectivity index is 1.93. The molecule has 1 atom stereocenters. The summed E-state index contributed by atoms with van der Waals surface area (Å²) in [5.41, 5.74) is 14.2. The normalized spacial score (nSPS) is 14.4. The van der Waals surface area contributed by atoms with E-state index in [0.29, 0.717) is 16.7 Å². The zero-order chi connectivity index (χ0) is 22.1. The number of phenols is 1. The van der Waals surface area contributed by atoms with Crippen molar-refractivity contribution < 1.29 is 9.50 Å². The number of hydrogen-bond acceptors (Lipinski definition) is 9. The maximum Gasteiger partial charge on any atom is 0.211 e. The highest BCUT2D eigenvalue weighted by molar-refractivity contribution is 5.98. The van der Waals surface area contributed by atoms with Crippen LogP contribution in [-0.2, 0) is 0 Å². The summed E-state index contributed by atoms with van der Waals surface area (Å²) in [6.07, 6.45) is 1.77. The number of nitrogens with one attached hydrogen (secondary N) is 2. The molecule has 7 N–H and O–H groups in total. The maximum absolute atomic E-state index is 13.3. The number of guanidine groups is 1. The van der Waals surface area contributed by atoms with Crippen LogP contribution in [0.2, 0.25) is 0 Å². The molecule has 10 heteroatoms. The highest BCUT2D eigenvalue weighted by Crippen LogP contribution is 2.43. The summed E-state index contributed by atoms with van der Waals surface area (Å²) in [6, 6.07) is 11.7. The molecule has 0 amide bonds. The van der Waals surface area contributed by atoms with Crippen molar-refractivity contribution in [2.45, 2.75) is 6.04 Å². The number of phenolic OH excluding ortho intramolecular Hbond substituents is 1. The summed E-state index contributed by atoms with van der Waals surface area (Å²) in [5.74, 6) is -0.251. The molecule has 0 spiro atoms. The van der Waals surface area contributed by atoms with Crippen LogP contribution in [0.25, 0.3) is 11.1 Å². The minimum atomic E-state index is -0.896. The molecule has 152 valence electrons. The predicted octanol–water partition coefficient (Wildman–Crippen LogP) is 2.57. The van der Waals surface area contributed by atoms with Crippen LogP contribution in [0.3, 0.4) is 0 Å². The van der Waals surface area contributed by atoms with Crippen LogP contribution >= 0.6 is 0 Å². The predicted molar refractivity (Wildman–Crippen MR) is 113 cm³/mol. The Morgan fingerprint density at radius 2 is 1.81 bits per heavy atom. The van der Waals surface area contributed by atoms with E-state index in [9.17, 15) is 14.8 Å². The van der Waals surface area contributed by atoms with Crippen molar-refractivity contribution in [3.05, 3.63) is 65.0 Å². The third-order valence-corrected chi connectivity index (χ3v) is 4.86. The number of nitrogens with two attached hydrogens (primary N) is 2. The molecule has 9 nitrogen and oxygen atoms in total. The average molecular weight is 414 g/mol. The lowest BCUT2D eigenvalue weighted by molar-refractivity contribution is 0.465. The minimum Gasteiger partial charge on any atom is -0.508 e. The lowest BCUT2D eigenvalue weighted by atomic mass is 9.92. The summed E-state index contributed by atoms with van der Waals surface area (Å²) in [6.45, 7) is 0. The Bertz CT molecular complexity index is 1300. The van der Waals surface area contributed by atoms with Gasteiger partial charge in [0.2, 0.25) is 5.96 Å². The number of nitrogens with zero attached hydrogens (tertiary/aromatic N) is 4. The van der Waals surface area contributed by atoms with Gasteiger partial charge in [-0.25, -0.2) is 14.4 Å². The van der Waals surface area contributed by atoms with E-state index >= 15 is 0 Å². The van der Waals surface area contributed by atoms with Gasteiger partial charge in [-0.3, -0.25) is 5.32 Å². The molecular formula is C21H15FN8O. The van der Waals surface area contributed by atoms with Gasteiger partial charge < -0.3 is 21.9 Å². The largest absolute Gasteiger partial charge is 0.508 e. The first-order valence-electron chi connectivity index (χ1n) is 9.00. The van der Waals surface area contributed by atoms with Crippen molar-refractivity contribution in [3.63, 3.8) is 0 Å². The van der Waals surface area contributed by atoms with Gasteiger partial charge in [-0.2, -0.15) is 10.5 Å². The molecule has 0 saturated heterocycles. The fourth-order valence-electron chi connectivity index (χ4n) is 3.40. The average Bonchev–Trinajstić information content (AvgIpc) is 2.74. The Morgan fingerprint density at radius 3 is 2.48 bits per heavy atom. The van der Waals surface area contributed by atoms with Gasteiger partial charge in [0.25, 0.3) is 0 Å². The van der Waals surface area contributed by atoms with Crippen LogP contribution in [0, 0.1) is 28.6 Å². The third kappa shape index (κ3) is 3.39. The van der Waals surface area contributed by atoms with Crippen molar-refractivity contribution in [2.75, 3.05) is 16.8 Å². The van der Waals surface area contributed by atoms with E-state index in [2.05, 4.69) is 20.6 Å². The van der Waals surface area contributed by atoms with Crippen molar-refractivity contribution in [1.29, 1.82) is 10.5 Å². The molecule has 0 bridgehead atoms. The van der Waals surface area contributed by atoms with E-state index in [1.54, 1.807) is 30.5 Å². The molecule has 1 aliphatic rings. The van der Waals surface area contributed by atoms with Crippen molar-refractivity contribution in [1.82, 2.24) is 10.3 Å². The molecule has 2 aromatic carbocycles. The van der Waals surface area contributed by atoms with Crippen molar-refractivity contribution >= 4 is 23.3 Å². The molecule has 1 aliphatic heterocycles. The summed E-state index contributed by atoms with van der Waals surface area (Å²) >= 11 is 0. The van der Waals surface area contributed by atoms with E-state index in [1.807, 2.05) is 6.07 Å². The number of hydrogen-bond donors (Lipinski definition) is 5. The zero-order valence-electron chi connectivity index (χ0n) is 15.9. The quantitative estimate of drug-likeness (QED) is 0.315. The number of aromatic hydroxyl groups is 1. The molecular weight excluding hydrogens is 399 g/mol. The van der Waals surface area contributed by atoms with E-state index in [0.717, 1.165) is 5.56 Å². The van der Waals surface area contributed by atoms with Crippen molar-refractivity contribution in [3.8, 4) is 29.1 Å². The fourth-order valence-corrected chi connectivity index (χ4v) is 3.40. The number of pyridine rings is 1. The third-order valence-electron chi connectivity index (χ3n) is 4.86. The molecule has 1 aromatic heterocycles. The van der Waals surface area contributed by atoms with Gasteiger partial charge in [0.1, 0.15) is 40.9 Å². The summed E-state index contributed by atoms with van der Waals surface area (Å²) < 4.78 is 13.3. The number of nitriles is 2. The Hall–Kier alpha value is -4.83. The smallest absolute Gasteiger partial charge is 0.211 e. The van der Waals surface area contributed by atoms with Crippen LogP contribution in [0.15, 0.2) is 47.5 Å².